The van der Waals surface area contributed by atoms with Gasteiger partial charge in [0.15, 0.2) is 8.68 Å². The summed E-state index contributed by atoms with van der Waals surface area (Å²) in [6, 6.07) is 4.01. The van der Waals surface area contributed by atoms with Crippen LogP contribution in [0.4, 0.5) is 0 Å². The quantitative estimate of drug-likeness (QED) is 0.819. The molecule has 0 aliphatic heterocycles. The maximum Gasteiger partial charge on any atom is 0.175 e. The van der Waals surface area contributed by atoms with Crippen molar-refractivity contribution in [1.82, 2.24) is 10.2 Å². The number of nitrogens with two attached hydrogens (primary N) is 1. The van der Waals surface area contributed by atoms with Crippen LogP contribution >= 0.6 is 34.9 Å². The molecule has 19 heavy (non-hydrogen) atoms. The molecule has 2 atom stereocenters. The van der Waals surface area contributed by atoms with Crippen molar-refractivity contribution in [2.24, 2.45) is 5.73 Å². The molecule has 2 rings (SSSR count). The normalized spacial score (nSPS) is 14.5. The first kappa shape index (κ1) is 14.9. The van der Waals surface area contributed by atoms with E-state index < -0.39 is 0 Å². The van der Waals surface area contributed by atoms with Crippen LogP contribution in [0.3, 0.4) is 0 Å². The summed E-state index contributed by atoms with van der Waals surface area (Å²) in [6.45, 7) is 4.03. The van der Waals surface area contributed by atoms with Gasteiger partial charge in [-0.3, -0.25) is 0 Å². The zero-order valence-electron chi connectivity index (χ0n) is 11.1. The van der Waals surface area contributed by atoms with Gasteiger partial charge in [0, 0.05) is 6.04 Å². The molecule has 2 aromatic rings. The number of hydrogen-bond donors (Lipinski definition) is 1. The minimum atomic E-state index is 0.0391. The summed E-state index contributed by atoms with van der Waals surface area (Å²) in [5.74, 6) is 1.82. The molecule has 0 fully saturated rings. The number of furan rings is 1. The molecule has 0 saturated carbocycles. The van der Waals surface area contributed by atoms with Crippen molar-refractivity contribution in [2.75, 3.05) is 6.26 Å². The monoisotopic (exact) mass is 315 g/mol. The Hall–Kier alpha value is -0.500. The van der Waals surface area contributed by atoms with Crippen LogP contribution in [-0.2, 0) is 0 Å². The van der Waals surface area contributed by atoms with Gasteiger partial charge in [-0.05, 0) is 31.7 Å². The molecule has 0 aromatic carbocycles. The predicted octanol–water partition coefficient (Wildman–Crippen LogP) is 3.73. The predicted molar refractivity (Wildman–Crippen MR) is 82.0 cm³/mol. The fraction of sp³-hybridized carbons (Fsp3) is 0.500. The van der Waals surface area contributed by atoms with Gasteiger partial charge in [-0.2, -0.15) is 0 Å². The molecule has 2 heterocycles. The molecule has 0 radical (unpaired) electrons. The van der Waals surface area contributed by atoms with E-state index in [0.29, 0.717) is 0 Å². The second-order valence-corrected chi connectivity index (χ2v) is 7.52. The SMILES string of the molecule is CCC(N)C(Sc1nnc(SC)s1)c1ccc(C)o1. The van der Waals surface area contributed by atoms with Crippen molar-refractivity contribution >= 4 is 34.9 Å². The Balaban J connectivity index is 2.18. The molecular weight excluding hydrogens is 298 g/mol. The zero-order chi connectivity index (χ0) is 13.8. The highest BCUT2D eigenvalue weighted by atomic mass is 32.2. The highest BCUT2D eigenvalue weighted by Gasteiger charge is 2.24. The summed E-state index contributed by atoms with van der Waals surface area (Å²) in [7, 11) is 0. The van der Waals surface area contributed by atoms with Crippen LogP contribution < -0.4 is 5.73 Å². The first-order chi connectivity index (χ1) is 9.13. The van der Waals surface area contributed by atoms with E-state index in [-0.39, 0.29) is 11.3 Å². The van der Waals surface area contributed by atoms with Gasteiger partial charge in [-0.1, -0.05) is 41.8 Å². The van der Waals surface area contributed by atoms with Crippen LogP contribution in [0.2, 0.25) is 0 Å². The van der Waals surface area contributed by atoms with Crippen LogP contribution in [0.5, 0.6) is 0 Å². The van der Waals surface area contributed by atoms with E-state index in [1.54, 1.807) is 34.9 Å². The summed E-state index contributed by atoms with van der Waals surface area (Å²) in [4.78, 5) is 0. The fourth-order valence-corrected chi connectivity index (χ4v) is 4.43. The van der Waals surface area contributed by atoms with Gasteiger partial charge in [-0.15, -0.1) is 10.2 Å². The molecule has 104 valence electrons. The largest absolute Gasteiger partial charge is 0.465 e. The summed E-state index contributed by atoms with van der Waals surface area (Å²) in [6.07, 6.45) is 2.89. The molecule has 0 bridgehead atoms. The van der Waals surface area contributed by atoms with E-state index >= 15 is 0 Å². The standard InChI is InChI=1S/C12H17N3OS3/c1-4-8(13)10(9-6-5-7(2)16-9)18-12-15-14-11(17-3)19-12/h5-6,8,10H,4,13H2,1-3H3. The van der Waals surface area contributed by atoms with E-state index in [1.165, 1.54) is 0 Å². The zero-order valence-corrected chi connectivity index (χ0v) is 13.6. The molecule has 0 saturated heterocycles. The van der Waals surface area contributed by atoms with Crippen molar-refractivity contribution in [3.8, 4) is 0 Å². The Labute approximate surface area is 125 Å². The van der Waals surface area contributed by atoms with Crippen molar-refractivity contribution in [3.05, 3.63) is 23.7 Å². The molecule has 2 unspecified atom stereocenters. The maximum absolute atomic E-state index is 6.22. The number of thioether (sulfide) groups is 2. The van der Waals surface area contributed by atoms with Crippen molar-refractivity contribution in [3.63, 3.8) is 0 Å². The van der Waals surface area contributed by atoms with Gasteiger partial charge in [-0.25, -0.2) is 0 Å². The Morgan fingerprint density at radius 3 is 2.63 bits per heavy atom. The molecule has 2 N–H and O–H groups in total. The molecular formula is C12H17N3OS3. The van der Waals surface area contributed by atoms with Gasteiger partial charge >= 0.3 is 0 Å². The van der Waals surface area contributed by atoms with E-state index in [1.807, 2.05) is 25.3 Å². The lowest BCUT2D eigenvalue weighted by molar-refractivity contribution is 0.454. The van der Waals surface area contributed by atoms with Gasteiger partial charge in [0.2, 0.25) is 0 Å². The Bertz CT molecular complexity index is 526. The second kappa shape index (κ2) is 6.78. The second-order valence-electron chi connectivity index (χ2n) is 4.10. The first-order valence-corrected chi connectivity index (χ1v) is 8.92. The van der Waals surface area contributed by atoms with Crippen molar-refractivity contribution in [1.29, 1.82) is 0 Å². The average molecular weight is 315 g/mol. The number of rotatable bonds is 6. The fourth-order valence-electron chi connectivity index (χ4n) is 1.61. The highest BCUT2D eigenvalue weighted by molar-refractivity contribution is 8.03. The van der Waals surface area contributed by atoms with Gasteiger partial charge < -0.3 is 10.2 Å². The van der Waals surface area contributed by atoms with Crippen LogP contribution in [0, 0.1) is 6.92 Å². The van der Waals surface area contributed by atoms with Gasteiger partial charge in [0.1, 0.15) is 11.5 Å². The van der Waals surface area contributed by atoms with Crippen molar-refractivity contribution < 1.29 is 4.42 Å². The van der Waals surface area contributed by atoms with Crippen molar-refractivity contribution in [2.45, 2.75) is 40.2 Å². The third-order valence-electron chi connectivity index (χ3n) is 2.69. The number of hydrogen-bond acceptors (Lipinski definition) is 7. The Morgan fingerprint density at radius 1 is 1.37 bits per heavy atom. The minimum Gasteiger partial charge on any atom is -0.465 e. The van der Waals surface area contributed by atoms with E-state index in [9.17, 15) is 0 Å². The Kier molecular flexibility index (Phi) is 5.32. The summed E-state index contributed by atoms with van der Waals surface area (Å²) in [5.41, 5.74) is 6.22. The number of aryl methyl sites for hydroxylation is 1. The molecule has 4 nitrogen and oxygen atoms in total. The van der Waals surface area contributed by atoms with Crippen LogP contribution in [0.25, 0.3) is 0 Å². The topological polar surface area (TPSA) is 64.9 Å². The Morgan fingerprint density at radius 2 is 2.11 bits per heavy atom. The van der Waals surface area contributed by atoms with Crippen LogP contribution in [0.15, 0.2) is 25.2 Å². The maximum atomic E-state index is 6.22. The third-order valence-corrected chi connectivity index (χ3v) is 6.04. The van der Waals surface area contributed by atoms with E-state index in [2.05, 4.69) is 17.1 Å². The first-order valence-electron chi connectivity index (χ1n) is 6.00. The number of aromatic nitrogens is 2. The lowest BCUT2D eigenvalue weighted by Gasteiger charge is -2.18. The third kappa shape index (κ3) is 3.75. The molecule has 7 heteroatoms. The molecule has 0 spiro atoms. The van der Waals surface area contributed by atoms with Gasteiger partial charge in [0.05, 0.1) is 5.25 Å². The lowest BCUT2D eigenvalue weighted by atomic mass is 10.1. The number of nitrogens with zero attached hydrogens (tertiary/aromatic N) is 2. The summed E-state index contributed by atoms with van der Waals surface area (Å²) in [5, 5.41) is 8.38. The van der Waals surface area contributed by atoms with Crippen LogP contribution in [0.1, 0.15) is 30.1 Å². The smallest absolute Gasteiger partial charge is 0.175 e. The lowest BCUT2D eigenvalue weighted by Crippen LogP contribution is -2.25. The molecule has 0 amide bonds. The summed E-state index contributed by atoms with van der Waals surface area (Å²) >= 11 is 4.84. The van der Waals surface area contributed by atoms with Crippen LogP contribution in [-0.4, -0.2) is 22.5 Å². The highest BCUT2D eigenvalue weighted by Crippen LogP contribution is 2.40. The van der Waals surface area contributed by atoms with Gasteiger partial charge in [0.25, 0.3) is 0 Å². The van der Waals surface area contributed by atoms with E-state index in [4.69, 9.17) is 10.2 Å². The summed E-state index contributed by atoms with van der Waals surface area (Å²) < 4.78 is 7.64. The molecule has 0 aliphatic rings. The minimum absolute atomic E-state index is 0.0391. The van der Waals surface area contributed by atoms with E-state index in [0.717, 1.165) is 26.6 Å². The molecule has 0 aliphatic carbocycles. The average Bonchev–Trinajstić information content (AvgIpc) is 3.03. The molecule has 2 aromatic heterocycles.